The maximum absolute atomic E-state index is 13.3. The minimum Gasteiger partial charge on any atom is -0.456 e. The number of hydrogen-bond acceptors (Lipinski definition) is 5. The Morgan fingerprint density at radius 3 is 2.70 bits per heavy atom. The maximum atomic E-state index is 13.3. The Morgan fingerprint density at radius 2 is 1.89 bits per heavy atom. The molecule has 5 nitrogen and oxygen atoms in total. The Kier molecular flexibility index (Phi) is 4.48. The normalized spacial score (nSPS) is 13.1. The molecule has 0 aliphatic carbocycles. The summed E-state index contributed by atoms with van der Waals surface area (Å²) in [6.45, 7) is 0.405. The van der Waals surface area contributed by atoms with E-state index in [0.717, 1.165) is 16.7 Å². The van der Waals surface area contributed by atoms with Crippen LogP contribution in [0.1, 0.15) is 15.9 Å². The highest BCUT2D eigenvalue weighted by Gasteiger charge is 2.20. The number of benzene rings is 2. The van der Waals surface area contributed by atoms with Crippen LogP contribution in [0.3, 0.4) is 0 Å². The number of ketones is 1. The van der Waals surface area contributed by atoms with Crippen LogP contribution in [0.15, 0.2) is 65.9 Å². The first-order valence-electron chi connectivity index (χ1n) is 8.44. The van der Waals surface area contributed by atoms with Crippen LogP contribution < -0.4 is 10.5 Å². The van der Waals surface area contributed by atoms with E-state index in [-0.39, 0.29) is 24.7 Å². The number of fused-ring (bicyclic) bond motifs is 1. The average molecular weight is 361 g/mol. The zero-order valence-electron chi connectivity index (χ0n) is 14.4. The lowest BCUT2D eigenvalue weighted by atomic mass is 9.93. The molecule has 4 rings (SSSR count). The first kappa shape index (κ1) is 17.1. The second-order valence-electron chi connectivity index (χ2n) is 6.12. The van der Waals surface area contributed by atoms with Gasteiger partial charge in [-0.3, -0.25) is 14.8 Å². The van der Waals surface area contributed by atoms with E-state index in [2.05, 4.69) is 9.98 Å². The molecule has 6 heteroatoms. The number of rotatable bonds is 4. The number of aliphatic imine (C=N–C) groups is 1. The van der Waals surface area contributed by atoms with E-state index < -0.39 is 0 Å². The van der Waals surface area contributed by atoms with Gasteiger partial charge in [0.05, 0.1) is 11.9 Å². The van der Waals surface area contributed by atoms with Crippen LogP contribution in [0.5, 0.6) is 11.5 Å². The molecule has 0 radical (unpaired) electrons. The summed E-state index contributed by atoms with van der Waals surface area (Å²) in [5.41, 5.74) is 9.54. The SMILES string of the molecule is NCC1=NCC(=O)c2ccc(-c3cncc(Oc4cccc(F)c4)c3)cc21. The Bertz CT molecular complexity index is 1060. The molecule has 1 aromatic heterocycles. The second-order valence-corrected chi connectivity index (χ2v) is 6.12. The largest absolute Gasteiger partial charge is 0.456 e. The van der Waals surface area contributed by atoms with Gasteiger partial charge in [-0.25, -0.2) is 4.39 Å². The standard InChI is InChI=1S/C21H16FN3O2/c22-15-2-1-3-16(8-15)27-17-6-14(10-24-11-17)13-4-5-18-19(7-13)20(9-23)25-12-21(18)26/h1-8,10-11H,9,12,23H2. The number of carbonyl (C=O) groups is 1. The molecule has 134 valence electrons. The predicted octanol–water partition coefficient (Wildman–Crippen LogP) is 3.62. The number of Topliss-reactive ketones (excluding diaryl/α,β-unsaturated/α-hetero) is 1. The average Bonchev–Trinajstić information content (AvgIpc) is 2.68. The van der Waals surface area contributed by atoms with E-state index in [1.54, 1.807) is 30.6 Å². The van der Waals surface area contributed by atoms with Gasteiger partial charge in [-0.15, -0.1) is 0 Å². The van der Waals surface area contributed by atoms with E-state index in [1.807, 2.05) is 18.2 Å². The quantitative estimate of drug-likeness (QED) is 0.770. The Morgan fingerprint density at radius 1 is 1.00 bits per heavy atom. The summed E-state index contributed by atoms with van der Waals surface area (Å²) in [5.74, 6) is 0.488. The first-order chi connectivity index (χ1) is 13.1. The van der Waals surface area contributed by atoms with Gasteiger partial charge >= 0.3 is 0 Å². The van der Waals surface area contributed by atoms with Gasteiger partial charge in [0.15, 0.2) is 5.78 Å². The highest BCUT2D eigenvalue weighted by atomic mass is 19.1. The van der Waals surface area contributed by atoms with Crippen molar-refractivity contribution in [2.45, 2.75) is 0 Å². The van der Waals surface area contributed by atoms with Crippen molar-refractivity contribution in [2.75, 3.05) is 13.1 Å². The topological polar surface area (TPSA) is 77.6 Å². The molecule has 1 aliphatic heterocycles. The summed E-state index contributed by atoms with van der Waals surface area (Å²) in [7, 11) is 0. The third-order valence-electron chi connectivity index (χ3n) is 4.32. The lowest BCUT2D eigenvalue weighted by Gasteiger charge is -2.16. The van der Waals surface area contributed by atoms with E-state index in [0.29, 0.717) is 22.8 Å². The summed E-state index contributed by atoms with van der Waals surface area (Å²) < 4.78 is 19.0. The Balaban J connectivity index is 1.69. The van der Waals surface area contributed by atoms with Crippen molar-refractivity contribution in [1.29, 1.82) is 0 Å². The third-order valence-corrected chi connectivity index (χ3v) is 4.32. The number of pyridine rings is 1. The summed E-state index contributed by atoms with van der Waals surface area (Å²) in [5, 5.41) is 0. The molecule has 2 aromatic carbocycles. The summed E-state index contributed by atoms with van der Waals surface area (Å²) in [6.07, 6.45) is 3.26. The van der Waals surface area contributed by atoms with Crippen molar-refractivity contribution in [2.24, 2.45) is 10.7 Å². The van der Waals surface area contributed by atoms with Gasteiger partial charge in [0.2, 0.25) is 0 Å². The lowest BCUT2D eigenvalue weighted by molar-refractivity contribution is 0.1000. The van der Waals surface area contributed by atoms with Gasteiger partial charge in [-0.2, -0.15) is 0 Å². The molecule has 0 bridgehead atoms. The van der Waals surface area contributed by atoms with Crippen molar-refractivity contribution in [1.82, 2.24) is 4.98 Å². The van der Waals surface area contributed by atoms with E-state index >= 15 is 0 Å². The predicted molar refractivity (Wildman–Crippen MR) is 101 cm³/mol. The zero-order chi connectivity index (χ0) is 18.8. The second kappa shape index (κ2) is 7.09. The molecule has 0 amide bonds. The van der Waals surface area contributed by atoms with Gasteiger partial charge in [0, 0.05) is 35.5 Å². The molecule has 0 unspecified atom stereocenters. The highest BCUT2D eigenvalue weighted by molar-refractivity contribution is 6.16. The molecular formula is C21H16FN3O2. The summed E-state index contributed by atoms with van der Waals surface area (Å²) >= 11 is 0. The number of ether oxygens (including phenoxy) is 1. The smallest absolute Gasteiger partial charge is 0.184 e. The van der Waals surface area contributed by atoms with Crippen LogP contribution in [0.25, 0.3) is 11.1 Å². The van der Waals surface area contributed by atoms with Gasteiger partial charge in [-0.05, 0) is 29.8 Å². The van der Waals surface area contributed by atoms with Crippen LogP contribution in [-0.4, -0.2) is 29.6 Å². The van der Waals surface area contributed by atoms with E-state index in [9.17, 15) is 9.18 Å². The van der Waals surface area contributed by atoms with Crippen molar-refractivity contribution in [3.05, 3.63) is 77.9 Å². The number of halogens is 1. The van der Waals surface area contributed by atoms with Crippen molar-refractivity contribution < 1.29 is 13.9 Å². The fraction of sp³-hybridized carbons (Fsp3) is 0.0952. The number of hydrogen-bond donors (Lipinski definition) is 1. The molecule has 0 saturated carbocycles. The van der Waals surface area contributed by atoms with Gasteiger partial charge in [0.25, 0.3) is 0 Å². The minimum atomic E-state index is -0.371. The fourth-order valence-corrected chi connectivity index (χ4v) is 3.02. The zero-order valence-corrected chi connectivity index (χ0v) is 14.4. The molecule has 2 heterocycles. The molecule has 0 fully saturated rings. The minimum absolute atomic E-state index is 0.0185. The van der Waals surface area contributed by atoms with Crippen molar-refractivity contribution in [3.63, 3.8) is 0 Å². The molecule has 0 atom stereocenters. The molecule has 0 saturated heterocycles. The van der Waals surface area contributed by atoms with Crippen LogP contribution in [0, 0.1) is 5.82 Å². The van der Waals surface area contributed by atoms with Gasteiger partial charge in [0.1, 0.15) is 23.9 Å². The molecule has 2 N–H and O–H groups in total. The summed E-state index contributed by atoms with van der Waals surface area (Å²) in [6, 6.07) is 13.3. The van der Waals surface area contributed by atoms with Crippen molar-refractivity contribution in [3.8, 4) is 22.6 Å². The monoisotopic (exact) mass is 361 g/mol. The van der Waals surface area contributed by atoms with Crippen LogP contribution in [0.2, 0.25) is 0 Å². The van der Waals surface area contributed by atoms with E-state index in [1.165, 1.54) is 12.1 Å². The van der Waals surface area contributed by atoms with Gasteiger partial charge in [-0.1, -0.05) is 18.2 Å². The van der Waals surface area contributed by atoms with Crippen molar-refractivity contribution >= 4 is 11.5 Å². The summed E-state index contributed by atoms with van der Waals surface area (Å²) in [4.78, 5) is 20.5. The molecule has 3 aromatic rings. The van der Waals surface area contributed by atoms with Crippen LogP contribution in [0.4, 0.5) is 4.39 Å². The molecular weight excluding hydrogens is 345 g/mol. The number of nitrogens with zero attached hydrogens (tertiary/aromatic N) is 2. The lowest BCUT2D eigenvalue weighted by Crippen LogP contribution is -2.24. The number of carbonyl (C=O) groups excluding carboxylic acids is 1. The maximum Gasteiger partial charge on any atom is 0.184 e. The Labute approximate surface area is 155 Å². The Hall–Kier alpha value is -3.38. The molecule has 0 spiro atoms. The molecule has 1 aliphatic rings. The fourth-order valence-electron chi connectivity index (χ4n) is 3.02. The van der Waals surface area contributed by atoms with Gasteiger partial charge < -0.3 is 10.5 Å². The van der Waals surface area contributed by atoms with E-state index in [4.69, 9.17) is 10.5 Å². The number of nitrogens with two attached hydrogens (primary N) is 1. The highest BCUT2D eigenvalue weighted by Crippen LogP contribution is 2.29. The molecule has 27 heavy (non-hydrogen) atoms. The number of aromatic nitrogens is 1. The van der Waals surface area contributed by atoms with Crippen LogP contribution >= 0.6 is 0 Å². The third kappa shape index (κ3) is 3.47. The van der Waals surface area contributed by atoms with Crippen LogP contribution in [-0.2, 0) is 0 Å². The first-order valence-corrected chi connectivity index (χ1v) is 8.44.